The molecule has 1 N–H and O–H groups in total. The second kappa shape index (κ2) is 5.83. The molecule has 0 saturated heterocycles. The second-order valence-corrected chi connectivity index (χ2v) is 6.12. The molecule has 0 aromatic carbocycles. The number of hydrogen-bond acceptors (Lipinski definition) is 2. The third-order valence-electron chi connectivity index (χ3n) is 3.38. The molecule has 1 aromatic rings. The predicted octanol–water partition coefficient (Wildman–Crippen LogP) is 3.85. The van der Waals surface area contributed by atoms with Crippen molar-refractivity contribution in [3.63, 3.8) is 0 Å². The molecule has 1 heterocycles. The molecule has 16 heavy (non-hydrogen) atoms. The second-order valence-electron chi connectivity index (χ2n) is 5.08. The molecule has 1 aliphatic carbocycles. The van der Waals surface area contributed by atoms with Crippen LogP contribution in [0.25, 0.3) is 0 Å². The zero-order valence-electron chi connectivity index (χ0n) is 10.4. The van der Waals surface area contributed by atoms with Gasteiger partial charge in [0.25, 0.3) is 0 Å². The quantitative estimate of drug-likeness (QED) is 0.759. The summed E-state index contributed by atoms with van der Waals surface area (Å²) in [5, 5.41) is 6.00. The maximum Gasteiger partial charge on any atom is 0.00978 e. The van der Waals surface area contributed by atoms with Gasteiger partial charge in [0.05, 0.1) is 0 Å². The van der Waals surface area contributed by atoms with Crippen LogP contribution in [0.3, 0.4) is 0 Å². The van der Waals surface area contributed by atoms with Crippen LogP contribution in [0, 0.1) is 5.92 Å². The average molecular weight is 237 g/mol. The lowest BCUT2D eigenvalue weighted by Crippen LogP contribution is -2.39. The lowest BCUT2D eigenvalue weighted by atomic mass is 10.0. The Hall–Kier alpha value is -0.340. The van der Waals surface area contributed by atoms with Crippen molar-refractivity contribution in [1.82, 2.24) is 5.32 Å². The SMILES string of the molecule is CCCC(NC(C)Cc1cccs1)C1CC1. The number of nitrogens with one attached hydrogen (secondary N) is 1. The third kappa shape index (κ3) is 3.60. The minimum absolute atomic E-state index is 0.621. The molecule has 0 radical (unpaired) electrons. The van der Waals surface area contributed by atoms with Gasteiger partial charge in [0, 0.05) is 17.0 Å². The van der Waals surface area contributed by atoms with Crippen LogP contribution in [0.2, 0.25) is 0 Å². The standard InChI is InChI=1S/C14H23NS/c1-3-5-14(12-7-8-12)15-11(2)10-13-6-4-9-16-13/h4,6,9,11-12,14-15H,3,5,7-8,10H2,1-2H3. The van der Waals surface area contributed by atoms with Crippen LogP contribution in [-0.2, 0) is 6.42 Å². The van der Waals surface area contributed by atoms with E-state index in [2.05, 4.69) is 36.7 Å². The van der Waals surface area contributed by atoms with Crippen LogP contribution in [0.5, 0.6) is 0 Å². The van der Waals surface area contributed by atoms with Crippen LogP contribution in [0.4, 0.5) is 0 Å². The van der Waals surface area contributed by atoms with Crippen LogP contribution >= 0.6 is 11.3 Å². The zero-order valence-corrected chi connectivity index (χ0v) is 11.2. The van der Waals surface area contributed by atoms with Gasteiger partial charge < -0.3 is 5.32 Å². The molecular formula is C14H23NS. The van der Waals surface area contributed by atoms with E-state index >= 15 is 0 Å². The Morgan fingerprint density at radius 3 is 2.88 bits per heavy atom. The molecule has 1 nitrogen and oxygen atoms in total. The van der Waals surface area contributed by atoms with Crippen molar-refractivity contribution in [1.29, 1.82) is 0 Å². The summed E-state index contributed by atoms with van der Waals surface area (Å²) in [4.78, 5) is 1.51. The highest BCUT2D eigenvalue weighted by Crippen LogP contribution is 2.34. The van der Waals surface area contributed by atoms with E-state index in [9.17, 15) is 0 Å². The summed E-state index contributed by atoms with van der Waals surface area (Å²) < 4.78 is 0. The summed E-state index contributed by atoms with van der Waals surface area (Å²) in [6, 6.07) is 5.79. The largest absolute Gasteiger partial charge is 0.311 e. The monoisotopic (exact) mass is 237 g/mol. The summed E-state index contributed by atoms with van der Waals surface area (Å²) in [7, 11) is 0. The molecule has 1 aliphatic rings. The van der Waals surface area contributed by atoms with Gasteiger partial charge in [-0.15, -0.1) is 11.3 Å². The topological polar surface area (TPSA) is 12.0 Å². The Morgan fingerprint density at radius 2 is 2.31 bits per heavy atom. The molecule has 2 rings (SSSR count). The molecule has 1 saturated carbocycles. The highest BCUT2D eigenvalue weighted by atomic mass is 32.1. The van der Waals surface area contributed by atoms with Crippen LogP contribution < -0.4 is 5.32 Å². The average Bonchev–Trinajstić information content (AvgIpc) is 2.98. The van der Waals surface area contributed by atoms with E-state index in [-0.39, 0.29) is 0 Å². The van der Waals surface area contributed by atoms with Gasteiger partial charge in [0.1, 0.15) is 0 Å². The van der Waals surface area contributed by atoms with Crippen LogP contribution in [0.1, 0.15) is 44.4 Å². The summed E-state index contributed by atoms with van der Waals surface area (Å²) in [5.74, 6) is 0.978. The molecule has 2 heteroatoms. The lowest BCUT2D eigenvalue weighted by Gasteiger charge is -2.22. The first-order valence-corrected chi connectivity index (χ1v) is 7.46. The fraction of sp³-hybridized carbons (Fsp3) is 0.714. The van der Waals surface area contributed by atoms with Crippen molar-refractivity contribution < 1.29 is 0 Å². The summed E-state index contributed by atoms with van der Waals surface area (Å²) in [5.41, 5.74) is 0. The highest BCUT2D eigenvalue weighted by molar-refractivity contribution is 7.09. The molecule has 2 atom stereocenters. The molecule has 90 valence electrons. The fourth-order valence-electron chi connectivity index (χ4n) is 2.42. The van der Waals surface area contributed by atoms with Crippen LogP contribution in [-0.4, -0.2) is 12.1 Å². The first-order chi connectivity index (χ1) is 7.79. The first-order valence-electron chi connectivity index (χ1n) is 6.58. The van der Waals surface area contributed by atoms with Gasteiger partial charge in [-0.05, 0) is 50.0 Å². The maximum atomic E-state index is 3.82. The van der Waals surface area contributed by atoms with E-state index in [0.29, 0.717) is 6.04 Å². The first kappa shape index (κ1) is 12.1. The van der Waals surface area contributed by atoms with Crippen molar-refractivity contribution in [2.75, 3.05) is 0 Å². The lowest BCUT2D eigenvalue weighted by molar-refractivity contribution is 0.384. The third-order valence-corrected chi connectivity index (χ3v) is 4.28. The van der Waals surface area contributed by atoms with Gasteiger partial charge in [0.2, 0.25) is 0 Å². The van der Waals surface area contributed by atoms with Gasteiger partial charge in [-0.1, -0.05) is 19.4 Å². The molecule has 1 fully saturated rings. The van der Waals surface area contributed by atoms with Gasteiger partial charge >= 0.3 is 0 Å². The van der Waals surface area contributed by atoms with Gasteiger partial charge in [0.15, 0.2) is 0 Å². The van der Waals surface area contributed by atoms with E-state index in [1.54, 1.807) is 0 Å². The van der Waals surface area contributed by atoms with E-state index in [4.69, 9.17) is 0 Å². The molecule has 0 aliphatic heterocycles. The van der Waals surface area contributed by atoms with Gasteiger partial charge in [-0.3, -0.25) is 0 Å². The van der Waals surface area contributed by atoms with E-state index in [0.717, 1.165) is 12.0 Å². The van der Waals surface area contributed by atoms with Gasteiger partial charge in [-0.2, -0.15) is 0 Å². The van der Waals surface area contributed by atoms with E-state index in [1.165, 1.54) is 37.0 Å². The Labute approximate surface area is 103 Å². The molecular weight excluding hydrogens is 214 g/mol. The smallest absolute Gasteiger partial charge is 0.00978 e. The predicted molar refractivity (Wildman–Crippen MR) is 72.0 cm³/mol. The molecule has 1 aromatic heterocycles. The Bertz CT molecular complexity index is 290. The van der Waals surface area contributed by atoms with Crippen molar-refractivity contribution >= 4 is 11.3 Å². The highest BCUT2D eigenvalue weighted by Gasteiger charge is 2.30. The molecule has 2 unspecified atom stereocenters. The summed E-state index contributed by atoms with van der Waals surface area (Å²) >= 11 is 1.88. The Kier molecular flexibility index (Phi) is 4.42. The Morgan fingerprint density at radius 1 is 1.50 bits per heavy atom. The number of rotatable bonds is 7. The Balaban J connectivity index is 1.78. The molecule has 0 amide bonds. The molecule has 0 bridgehead atoms. The minimum Gasteiger partial charge on any atom is -0.311 e. The number of thiophene rings is 1. The summed E-state index contributed by atoms with van der Waals surface area (Å²) in [6.45, 7) is 4.62. The van der Waals surface area contributed by atoms with E-state index in [1.807, 2.05) is 11.3 Å². The van der Waals surface area contributed by atoms with Gasteiger partial charge in [-0.25, -0.2) is 0 Å². The minimum atomic E-state index is 0.621. The van der Waals surface area contributed by atoms with E-state index < -0.39 is 0 Å². The fourth-order valence-corrected chi connectivity index (χ4v) is 3.25. The normalized spacial score (nSPS) is 19.6. The van der Waals surface area contributed by atoms with Crippen molar-refractivity contribution in [2.24, 2.45) is 5.92 Å². The zero-order chi connectivity index (χ0) is 11.4. The van der Waals surface area contributed by atoms with Crippen molar-refractivity contribution in [2.45, 2.75) is 58.0 Å². The number of hydrogen-bond donors (Lipinski definition) is 1. The van der Waals surface area contributed by atoms with Crippen LogP contribution in [0.15, 0.2) is 17.5 Å². The van der Waals surface area contributed by atoms with Crippen molar-refractivity contribution in [3.05, 3.63) is 22.4 Å². The maximum absolute atomic E-state index is 3.82. The van der Waals surface area contributed by atoms with Crippen molar-refractivity contribution in [3.8, 4) is 0 Å². The molecule has 0 spiro atoms. The summed E-state index contributed by atoms with van der Waals surface area (Å²) in [6.07, 6.45) is 6.73.